The van der Waals surface area contributed by atoms with Crippen LogP contribution in [0.25, 0.3) is 0 Å². The molecule has 1 rings (SSSR count). The SMILES string of the molecule is CC(=O)Oc1nccs1.Cl. The quantitative estimate of drug-likeness (QED) is 0.614. The van der Waals surface area contributed by atoms with Crippen LogP contribution in [0, 0.1) is 0 Å². The number of halogens is 1. The molecule has 5 heteroatoms. The molecule has 0 saturated carbocycles. The molecule has 0 spiro atoms. The van der Waals surface area contributed by atoms with Gasteiger partial charge >= 0.3 is 5.97 Å². The number of aromatic nitrogens is 1. The summed E-state index contributed by atoms with van der Waals surface area (Å²) in [5.41, 5.74) is 0. The largest absolute Gasteiger partial charge is 0.398 e. The highest BCUT2D eigenvalue weighted by Crippen LogP contribution is 2.12. The van der Waals surface area contributed by atoms with E-state index in [-0.39, 0.29) is 18.4 Å². The fourth-order valence-corrected chi connectivity index (χ4v) is 0.909. The van der Waals surface area contributed by atoms with E-state index in [9.17, 15) is 4.79 Å². The number of hydrogen-bond donors (Lipinski definition) is 0. The third-order valence-electron chi connectivity index (χ3n) is 0.641. The Morgan fingerprint density at radius 1 is 1.80 bits per heavy atom. The molecule has 0 aromatic carbocycles. The Morgan fingerprint density at radius 3 is 2.90 bits per heavy atom. The molecule has 1 aromatic rings. The van der Waals surface area contributed by atoms with Crippen molar-refractivity contribution in [3.05, 3.63) is 11.6 Å². The summed E-state index contributed by atoms with van der Waals surface area (Å²) < 4.78 is 4.62. The van der Waals surface area contributed by atoms with E-state index in [2.05, 4.69) is 9.72 Å². The maximum Gasteiger partial charge on any atom is 0.309 e. The van der Waals surface area contributed by atoms with Crippen molar-refractivity contribution >= 4 is 29.7 Å². The monoisotopic (exact) mass is 179 g/mol. The second kappa shape index (κ2) is 4.24. The molecule has 0 fully saturated rings. The van der Waals surface area contributed by atoms with Crippen molar-refractivity contribution in [2.45, 2.75) is 6.92 Å². The first-order chi connectivity index (χ1) is 4.29. The zero-order valence-electron chi connectivity index (χ0n) is 5.23. The molecule has 1 heterocycles. The fourth-order valence-electron chi connectivity index (χ4n) is 0.384. The number of thiazole rings is 1. The summed E-state index contributed by atoms with van der Waals surface area (Å²) in [5.74, 6) is -0.329. The molecular formula is C5H6ClNO2S. The molecular weight excluding hydrogens is 174 g/mol. The van der Waals surface area contributed by atoms with Crippen LogP contribution in [0.1, 0.15) is 6.92 Å². The predicted molar refractivity (Wildman–Crippen MR) is 40.7 cm³/mol. The molecule has 0 aliphatic heterocycles. The third kappa shape index (κ3) is 2.80. The molecule has 56 valence electrons. The first-order valence-electron chi connectivity index (χ1n) is 2.37. The predicted octanol–water partition coefficient (Wildman–Crippen LogP) is 1.49. The number of esters is 1. The number of carbonyl (C=O) groups is 1. The van der Waals surface area contributed by atoms with Crippen molar-refractivity contribution in [3.63, 3.8) is 0 Å². The summed E-state index contributed by atoms with van der Waals surface area (Å²) >= 11 is 1.30. The van der Waals surface area contributed by atoms with Crippen LogP contribution in [-0.2, 0) is 4.79 Å². The highest BCUT2D eigenvalue weighted by Gasteiger charge is 1.97. The van der Waals surface area contributed by atoms with Crippen molar-refractivity contribution in [1.29, 1.82) is 0 Å². The smallest absolute Gasteiger partial charge is 0.309 e. The molecule has 1 aromatic heterocycles. The Balaban J connectivity index is 0.000000810. The van der Waals surface area contributed by atoms with Gasteiger partial charge in [-0.1, -0.05) is 11.3 Å². The van der Waals surface area contributed by atoms with Crippen LogP contribution in [0.5, 0.6) is 5.19 Å². The Bertz CT molecular complexity index is 199. The van der Waals surface area contributed by atoms with Gasteiger partial charge in [0.25, 0.3) is 5.19 Å². The molecule has 0 bridgehead atoms. The van der Waals surface area contributed by atoms with E-state index < -0.39 is 0 Å². The summed E-state index contributed by atoms with van der Waals surface area (Å²) in [7, 11) is 0. The van der Waals surface area contributed by atoms with Crippen molar-refractivity contribution in [3.8, 4) is 5.19 Å². The van der Waals surface area contributed by atoms with E-state index in [1.165, 1.54) is 18.3 Å². The Hall–Kier alpha value is -0.610. The fraction of sp³-hybridized carbons (Fsp3) is 0.200. The van der Waals surface area contributed by atoms with E-state index in [1.807, 2.05) is 0 Å². The molecule has 0 amide bonds. The summed E-state index contributed by atoms with van der Waals surface area (Å²) in [6.07, 6.45) is 1.59. The van der Waals surface area contributed by atoms with Gasteiger partial charge in [-0.15, -0.1) is 12.4 Å². The average molecular weight is 180 g/mol. The number of rotatable bonds is 1. The van der Waals surface area contributed by atoms with Gasteiger partial charge in [0.05, 0.1) is 0 Å². The highest BCUT2D eigenvalue weighted by atomic mass is 35.5. The number of nitrogens with zero attached hydrogens (tertiary/aromatic N) is 1. The topological polar surface area (TPSA) is 39.2 Å². The number of ether oxygens (including phenoxy) is 1. The molecule has 10 heavy (non-hydrogen) atoms. The van der Waals surface area contributed by atoms with Gasteiger partial charge in [0.15, 0.2) is 0 Å². The Labute approximate surface area is 68.4 Å². The van der Waals surface area contributed by atoms with Crippen molar-refractivity contribution < 1.29 is 9.53 Å². The van der Waals surface area contributed by atoms with Crippen molar-refractivity contribution in [1.82, 2.24) is 4.98 Å². The van der Waals surface area contributed by atoms with E-state index in [1.54, 1.807) is 11.6 Å². The first-order valence-corrected chi connectivity index (χ1v) is 3.25. The lowest BCUT2D eigenvalue weighted by atomic mass is 10.8. The van der Waals surface area contributed by atoms with Gasteiger partial charge in [-0.05, 0) is 0 Å². The molecule has 0 aliphatic carbocycles. The summed E-state index contributed by atoms with van der Waals surface area (Å²) in [5, 5.41) is 2.15. The minimum atomic E-state index is -0.329. The van der Waals surface area contributed by atoms with E-state index in [0.717, 1.165) is 0 Å². The highest BCUT2D eigenvalue weighted by molar-refractivity contribution is 7.11. The van der Waals surface area contributed by atoms with Gasteiger partial charge in [0, 0.05) is 18.5 Å². The number of hydrogen-bond acceptors (Lipinski definition) is 4. The number of carbonyl (C=O) groups excluding carboxylic acids is 1. The lowest BCUT2D eigenvalue weighted by Gasteiger charge is -1.90. The van der Waals surface area contributed by atoms with Gasteiger partial charge in [-0.3, -0.25) is 4.79 Å². The third-order valence-corrected chi connectivity index (χ3v) is 1.29. The van der Waals surface area contributed by atoms with E-state index >= 15 is 0 Å². The van der Waals surface area contributed by atoms with Gasteiger partial charge in [0.2, 0.25) is 0 Å². The van der Waals surface area contributed by atoms with Crippen LogP contribution in [0.2, 0.25) is 0 Å². The second-order valence-electron chi connectivity index (χ2n) is 1.39. The minimum Gasteiger partial charge on any atom is -0.398 e. The van der Waals surface area contributed by atoms with Crippen molar-refractivity contribution in [2.75, 3.05) is 0 Å². The molecule has 0 saturated heterocycles. The lowest BCUT2D eigenvalue weighted by molar-refractivity contribution is -0.131. The van der Waals surface area contributed by atoms with Crippen LogP contribution in [0.15, 0.2) is 11.6 Å². The van der Waals surface area contributed by atoms with Crippen LogP contribution in [0.3, 0.4) is 0 Å². The van der Waals surface area contributed by atoms with Gasteiger partial charge < -0.3 is 4.74 Å². The van der Waals surface area contributed by atoms with E-state index in [4.69, 9.17) is 0 Å². The zero-order chi connectivity index (χ0) is 6.69. The van der Waals surface area contributed by atoms with Crippen LogP contribution < -0.4 is 4.74 Å². The van der Waals surface area contributed by atoms with Crippen LogP contribution >= 0.6 is 23.7 Å². The Morgan fingerprint density at radius 2 is 2.50 bits per heavy atom. The minimum absolute atomic E-state index is 0. The van der Waals surface area contributed by atoms with Gasteiger partial charge in [-0.25, -0.2) is 4.98 Å². The molecule has 3 nitrogen and oxygen atoms in total. The maximum atomic E-state index is 10.3. The summed E-state index contributed by atoms with van der Waals surface area (Å²) in [6.45, 7) is 1.35. The van der Waals surface area contributed by atoms with Crippen LogP contribution in [0.4, 0.5) is 0 Å². The maximum absolute atomic E-state index is 10.3. The molecule has 0 unspecified atom stereocenters. The van der Waals surface area contributed by atoms with Gasteiger partial charge in [-0.2, -0.15) is 0 Å². The standard InChI is InChI=1S/C5H5NO2S.ClH/c1-4(7)8-5-6-2-3-9-5;/h2-3H,1H3;1H. The molecule has 0 atom stereocenters. The molecule has 0 radical (unpaired) electrons. The Kier molecular flexibility index (Phi) is 3.99. The van der Waals surface area contributed by atoms with E-state index in [0.29, 0.717) is 5.19 Å². The van der Waals surface area contributed by atoms with Crippen LogP contribution in [-0.4, -0.2) is 11.0 Å². The summed E-state index contributed by atoms with van der Waals surface area (Å²) in [6, 6.07) is 0. The molecule has 0 aliphatic rings. The molecule has 0 N–H and O–H groups in total. The first kappa shape index (κ1) is 9.39. The normalized spacial score (nSPS) is 8.10. The second-order valence-corrected chi connectivity index (χ2v) is 2.25. The van der Waals surface area contributed by atoms with Crippen molar-refractivity contribution in [2.24, 2.45) is 0 Å². The average Bonchev–Trinajstić information content (AvgIpc) is 2.15. The van der Waals surface area contributed by atoms with Gasteiger partial charge in [0.1, 0.15) is 0 Å². The summed E-state index contributed by atoms with van der Waals surface area (Å²) in [4.78, 5) is 14.0. The lowest BCUT2D eigenvalue weighted by Crippen LogP contribution is -2.00. The zero-order valence-corrected chi connectivity index (χ0v) is 6.87.